The van der Waals surface area contributed by atoms with E-state index in [0.717, 1.165) is 6.42 Å². The van der Waals surface area contributed by atoms with Gasteiger partial charge >= 0.3 is 0 Å². The number of thiophene rings is 1. The van der Waals surface area contributed by atoms with Crippen LogP contribution in [-0.2, 0) is 9.84 Å². The molecule has 0 spiro atoms. The molecule has 5 heteroatoms. The normalized spacial score (nSPS) is 13.8. The maximum Gasteiger partial charge on any atom is 0.147 e. The standard InChI is InChI=1S/C14H19NO2S2/c1-15-12(7-5-9-19(2,16)17)14-10-11-6-3-4-8-13(11)18-14/h3-4,6,8,10,12,15H,5,7,9H2,1-2H3. The van der Waals surface area contributed by atoms with Gasteiger partial charge in [0.2, 0.25) is 0 Å². The molecule has 1 unspecified atom stereocenters. The number of sulfone groups is 1. The van der Waals surface area contributed by atoms with Crippen molar-refractivity contribution in [2.75, 3.05) is 19.1 Å². The fraction of sp³-hybridized carbons (Fsp3) is 0.429. The van der Waals surface area contributed by atoms with Crippen molar-refractivity contribution in [3.8, 4) is 0 Å². The van der Waals surface area contributed by atoms with Crippen LogP contribution in [0, 0.1) is 0 Å². The Kier molecular flexibility index (Phi) is 4.60. The van der Waals surface area contributed by atoms with Crippen molar-refractivity contribution in [3.05, 3.63) is 35.2 Å². The average Bonchev–Trinajstić information content (AvgIpc) is 2.76. The molecule has 0 bridgehead atoms. The summed E-state index contributed by atoms with van der Waals surface area (Å²) in [7, 11) is -0.933. The molecule has 1 aromatic heterocycles. The lowest BCUT2D eigenvalue weighted by Gasteiger charge is -2.13. The average molecular weight is 297 g/mol. The van der Waals surface area contributed by atoms with Crippen LogP contribution in [0.15, 0.2) is 30.3 Å². The minimum atomic E-state index is -2.86. The molecule has 0 aliphatic heterocycles. The summed E-state index contributed by atoms with van der Waals surface area (Å²) in [6, 6.07) is 10.7. The van der Waals surface area contributed by atoms with Gasteiger partial charge in [0.05, 0.1) is 0 Å². The molecule has 19 heavy (non-hydrogen) atoms. The lowest BCUT2D eigenvalue weighted by Crippen LogP contribution is -2.16. The highest BCUT2D eigenvalue weighted by Crippen LogP contribution is 2.31. The Balaban J connectivity index is 2.08. The van der Waals surface area contributed by atoms with Gasteiger partial charge in [0.1, 0.15) is 9.84 Å². The van der Waals surface area contributed by atoms with Gasteiger partial charge in [-0.25, -0.2) is 8.42 Å². The van der Waals surface area contributed by atoms with Crippen LogP contribution in [0.1, 0.15) is 23.8 Å². The summed E-state index contributed by atoms with van der Waals surface area (Å²) in [6.45, 7) is 0. The molecule has 0 radical (unpaired) electrons. The van der Waals surface area contributed by atoms with Gasteiger partial charge < -0.3 is 5.32 Å². The van der Waals surface area contributed by atoms with Crippen molar-refractivity contribution >= 4 is 31.3 Å². The van der Waals surface area contributed by atoms with Crippen LogP contribution in [0.5, 0.6) is 0 Å². The SMILES string of the molecule is CNC(CCCS(C)(=O)=O)c1cc2ccccc2s1. The third kappa shape index (κ3) is 4.03. The monoisotopic (exact) mass is 297 g/mol. The van der Waals surface area contributed by atoms with Crippen molar-refractivity contribution in [3.63, 3.8) is 0 Å². The number of nitrogens with one attached hydrogen (secondary N) is 1. The summed E-state index contributed by atoms with van der Waals surface area (Å²) in [6.07, 6.45) is 2.83. The second-order valence-electron chi connectivity index (χ2n) is 4.80. The van der Waals surface area contributed by atoms with E-state index >= 15 is 0 Å². The molecule has 1 atom stereocenters. The maximum atomic E-state index is 11.2. The molecule has 0 saturated heterocycles. The van der Waals surface area contributed by atoms with Crippen molar-refractivity contribution in [2.45, 2.75) is 18.9 Å². The molecule has 1 aromatic carbocycles. The first kappa shape index (κ1) is 14.5. The maximum absolute atomic E-state index is 11.2. The fourth-order valence-corrected chi connectivity index (χ4v) is 4.05. The van der Waals surface area contributed by atoms with E-state index in [1.54, 1.807) is 11.3 Å². The van der Waals surface area contributed by atoms with E-state index in [1.165, 1.54) is 21.2 Å². The van der Waals surface area contributed by atoms with E-state index in [0.29, 0.717) is 6.42 Å². The summed E-state index contributed by atoms with van der Waals surface area (Å²) >= 11 is 1.78. The molecule has 1 heterocycles. The van der Waals surface area contributed by atoms with Gasteiger partial charge in [0.15, 0.2) is 0 Å². The zero-order valence-corrected chi connectivity index (χ0v) is 12.9. The van der Waals surface area contributed by atoms with E-state index in [1.807, 2.05) is 19.2 Å². The second-order valence-corrected chi connectivity index (χ2v) is 8.18. The summed E-state index contributed by atoms with van der Waals surface area (Å²) in [5.41, 5.74) is 0. The number of hydrogen-bond acceptors (Lipinski definition) is 4. The van der Waals surface area contributed by atoms with Crippen molar-refractivity contribution < 1.29 is 8.42 Å². The predicted octanol–water partition coefficient (Wildman–Crippen LogP) is 2.99. The minimum Gasteiger partial charge on any atom is -0.312 e. The van der Waals surface area contributed by atoms with Gasteiger partial charge in [0.25, 0.3) is 0 Å². The molecular formula is C14H19NO2S2. The fourth-order valence-electron chi connectivity index (χ4n) is 2.15. The predicted molar refractivity (Wildman–Crippen MR) is 82.6 cm³/mol. The van der Waals surface area contributed by atoms with E-state index in [4.69, 9.17) is 0 Å². The molecular weight excluding hydrogens is 278 g/mol. The summed E-state index contributed by atoms with van der Waals surface area (Å²) in [5.74, 6) is 0.260. The van der Waals surface area contributed by atoms with Gasteiger partial charge in [-0.1, -0.05) is 18.2 Å². The Morgan fingerprint density at radius 2 is 2.05 bits per heavy atom. The summed E-state index contributed by atoms with van der Waals surface area (Å²) in [5, 5.41) is 4.54. The molecule has 2 rings (SSSR count). The highest BCUT2D eigenvalue weighted by molar-refractivity contribution is 7.90. The molecule has 0 saturated carbocycles. The van der Waals surface area contributed by atoms with E-state index in [2.05, 4.69) is 23.5 Å². The quantitative estimate of drug-likeness (QED) is 0.891. The van der Waals surface area contributed by atoms with Crippen molar-refractivity contribution in [1.29, 1.82) is 0 Å². The van der Waals surface area contributed by atoms with Crippen LogP contribution in [0.3, 0.4) is 0 Å². The van der Waals surface area contributed by atoms with Gasteiger partial charge in [-0.2, -0.15) is 0 Å². The third-order valence-corrected chi connectivity index (χ3v) is 5.40. The third-order valence-electron chi connectivity index (χ3n) is 3.14. The Morgan fingerprint density at radius 3 is 2.68 bits per heavy atom. The van der Waals surface area contributed by atoms with Crippen molar-refractivity contribution in [2.24, 2.45) is 0 Å². The molecule has 0 amide bonds. The number of fused-ring (bicyclic) bond motifs is 1. The molecule has 0 aliphatic rings. The first-order valence-electron chi connectivity index (χ1n) is 6.33. The highest BCUT2D eigenvalue weighted by Gasteiger charge is 2.13. The van der Waals surface area contributed by atoms with Gasteiger partial charge in [-0.05, 0) is 37.4 Å². The minimum absolute atomic E-state index is 0.235. The molecule has 0 aliphatic carbocycles. The van der Waals surface area contributed by atoms with Crippen LogP contribution < -0.4 is 5.32 Å². The largest absolute Gasteiger partial charge is 0.312 e. The van der Waals surface area contributed by atoms with E-state index in [9.17, 15) is 8.42 Å². The molecule has 0 fully saturated rings. The van der Waals surface area contributed by atoms with E-state index < -0.39 is 9.84 Å². The second kappa shape index (κ2) is 6.03. The smallest absolute Gasteiger partial charge is 0.147 e. The molecule has 1 N–H and O–H groups in total. The summed E-state index contributed by atoms with van der Waals surface area (Å²) < 4.78 is 23.6. The zero-order valence-electron chi connectivity index (χ0n) is 11.2. The molecule has 2 aromatic rings. The topological polar surface area (TPSA) is 46.2 Å². The highest BCUT2D eigenvalue weighted by atomic mass is 32.2. The van der Waals surface area contributed by atoms with Gasteiger partial charge in [-0.15, -0.1) is 11.3 Å². The Hall–Kier alpha value is -0.910. The lowest BCUT2D eigenvalue weighted by atomic mass is 10.1. The van der Waals surface area contributed by atoms with E-state index in [-0.39, 0.29) is 11.8 Å². The Morgan fingerprint density at radius 1 is 1.32 bits per heavy atom. The molecule has 104 valence electrons. The Bertz CT molecular complexity index is 613. The van der Waals surface area contributed by atoms with Crippen LogP contribution in [0.4, 0.5) is 0 Å². The van der Waals surface area contributed by atoms with Crippen LogP contribution in [0.2, 0.25) is 0 Å². The summed E-state index contributed by atoms with van der Waals surface area (Å²) in [4.78, 5) is 1.28. The van der Waals surface area contributed by atoms with Crippen LogP contribution in [-0.4, -0.2) is 27.5 Å². The lowest BCUT2D eigenvalue weighted by molar-refractivity contribution is 0.543. The first-order valence-corrected chi connectivity index (χ1v) is 9.21. The van der Waals surface area contributed by atoms with Gasteiger partial charge in [0, 0.05) is 27.6 Å². The first-order chi connectivity index (χ1) is 8.99. The van der Waals surface area contributed by atoms with Crippen LogP contribution in [0.25, 0.3) is 10.1 Å². The van der Waals surface area contributed by atoms with Crippen molar-refractivity contribution in [1.82, 2.24) is 5.32 Å². The van der Waals surface area contributed by atoms with Gasteiger partial charge in [-0.3, -0.25) is 0 Å². The number of rotatable bonds is 6. The Labute approximate surface area is 118 Å². The zero-order chi connectivity index (χ0) is 13.9. The van der Waals surface area contributed by atoms with Crippen LogP contribution >= 0.6 is 11.3 Å². The molecule has 3 nitrogen and oxygen atoms in total. The number of benzene rings is 1. The number of hydrogen-bond donors (Lipinski definition) is 1.